The summed E-state index contributed by atoms with van der Waals surface area (Å²) in [5, 5.41) is 0. The van der Waals surface area contributed by atoms with E-state index in [9.17, 15) is 14.0 Å². The van der Waals surface area contributed by atoms with Gasteiger partial charge in [0.15, 0.2) is 0 Å². The fourth-order valence-corrected chi connectivity index (χ4v) is 3.76. The minimum Gasteiger partial charge on any atom is -0.484 e. The summed E-state index contributed by atoms with van der Waals surface area (Å²) in [6, 6.07) is 11.7. The normalized spacial score (nSPS) is 17.8. The van der Waals surface area contributed by atoms with Crippen LogP contribution < -0.4 is 10.5 Å². The first-order valence-electron chi connectivity index (χ1n) is 10.3. The number of piperazine rings is 1. The number of benzene rings is 2. The first-order chi connectivity index (χ1) is 14.8. The molecule has 0 aromatic heterocycles. The zero-order valence-corrected chi connectivity index (χ0v) is 17.9. The molecule has 7 heteroatoms. The molecule has 2 amide bonds. The molecule has 31 heavy (non-hydrogen) atoms. The molecule has 2 aromatic carbocycles. The van der Waals surface area contributed by atoms with Crippen LogP contribution in [0.1, 0.15) is 35.9 Å². The Morgan fingerprint density at radius 3 is 2.58 bits per heavy atom. The number of primary amides is 1. The van der Waals surface area contributed by atoms with Gasteiger partial charge in [0, 0.05) is 39.2 Å². The van der Waals surface area contributed by atoms with Crippen molar-refractivity contribution in [3.63, 3.8) is 0 Å². The lowest BCUT2D eigenvalue weighted by Crippen LogP contribution is -2.54. The lowest BCUT2D eigenvalue weighted by molar-refractivity contribution is -0.130. The molecule has 0 bridgehead atoms. The Morgan fingerprint density at radius 2 is 2.00 bits per heavy atom. The van der Waals surface area contributed by atoms with Crippen LogP contribution in [0, 0.1) is 12.7 Å². The van der Waals surface area contributed by atoms with E-state index in [1.54, 1.807) is 42.2 Å². The second-order valence-corrected chi connectivity index (χ2v) is 7.85. The van der Waals surface area contributed by atoms with Crippen LogP contribution in [-0.2, 0) is 4.79 Å². The predicted octanol–water partition coefficient (Wildman–Crippen LogP) is 3.32. The third-order valence-electron chi connectivity index (χ3n) is 5.58. The van der Waals surface area contributed by atoms with Gasteiger partial charge in [-0.15, -0.1) is 0 Å². The van der Waals surface area contributed by atoms with Gasteiger partial charge < -0.3 is 15.4 Å². The Morgan fingerprint density at radius 1 is 1.29 bits per heavy atom. The van der Waals surface area contributed by atoms with E-state index in [2.05, 4.69) is 11.5 Å². The molecule has 166 valence electrons. The van der Waals surface area contributed by atoms with Crippen molar-refractivity contribution in [2.24, 2.45) is 5.73 Å². The molecule has 0 saturated carbocycles. The topological polar surface area (TPSA) is 75.9 Å². The van der Waals surface area contributed by atoms with Gasteiger partial charge in [-0.05, 0) is 61.4 Å². The monoisotopic (exact) mass is 427 g/mol. The molecule has 1 aliphatic heterocycles. The predicted molar refractivity (Wildman–Crippen MR) is 119 cm³/mol. The smallest absolute Gasteiger partial charge is 0.248 e. The average molecular weight is 428 g/mol. The standard InChI is InChI=1S/C24H28FN3O3.H2/c1-4-23(29)28-12-11-27(14-17(28)3)15-22(19-6-5-16(2)21(25)13-19)31-20-9-7-18(8-10-20)24(26)30;/h4-10,13,17,22H,1,11-12,14-15H2,2-3H3,(H2,26,30);1H/t17-,22+;/m1./s1. The molecule has 1 fully saturated rings. The summed E-state index contributed by atoms with van der Waals surface area (Å²) in [6.07, 6.45) is 0.909. The number of carbonyl (C=O) groups is 2. The van der Waals surface area contributed by atoms with Crippen LogP contribution in [0.15, 0.2) is 55.1 Å². The summed E-state index contributed by atoms with van der Waals surface area (Å²) in [5.74, 6) is -0.311. The highest BCUT2D eigenvalue weighted by Gasteiger charge is 2.28. The van der Waals surface area contributed by atoms with E-state index in [-0.39, 0.29) is 19.2 Å². The number of hydrogen-bond donors (Lipinski definition) is 1. The van der Waals surface area contributed by atoms with Crippen molar-refractivity contribution in [1.82, 2.24) is 9.80 Å². The van der Waals surface area contributed by atoms with Crippen molar-refractivity contribution in [1.29, 1.82) is 0 Å². The fraction of sp³-hybridized carbons (Fsp3) is 0.333. The molecule has 0 radical (unpaired) electrons. The maximum atomic E-state index is 14.3. The van der Waals surface area contributed by atoms with Crippen molar-refractivity contribution < 1.29 is 20.1 Å². The quantitative estimate of drug-likeness (QED) is 0.688. The number of amides is 2. The summed E-state index contributed by atoms with van der Waals surface area (Å²) in [6.45, 7) is 9.76. The highest BCUT2D eigenvalue weighted by atomic mass is 19.1. The van der Waals surface area contributed by atoms with Gasteiger partial charge in [-0.3, -0.25) is 14.5 Å². The SMILES string of the molecule is C=CC(=O)N1CCN(C[C@H](Oc2ccc(C(N)=O)cc2)c2ccc(C)c(F)c2)C[C@H]1C.[HH]. The summed E-state index contributed by atoms with van der Waals surface area (Å²) in [5.41, 5.74) is 6.98. The summed E-state index contributed by atoms with van der Waals surface area (Å²) >= 11 is 0. The van der Waals surface area contributed by atoms with Crippen LogP contribution in [-0.4, -0.2) is 53.8 Å². The lowest BCUT2D eigenvalue weighted by Gasteiger charge is -2.40. The van der Waals surface area contributed by atoms with Gasteiger partial charge in [0.2, 0.25) is 11.8 Å². The van der Waals surface area contributed by atoms with Crippen LogP contribution in [0.25, 0.3) is 0 Å². The summed E-state index contributed by atoms with van der Waals surface area (Å²) in [4.78, 5) is 27.3. The van der Waals surface area contributed by atoms with Crippen LogP contribution >= 0.6 is 0 Å². The highest BCUT2D eigenvalue weighted by molar-refractivity contribution is 5.92. The molecule has 1 heterocycles. The van der Waals surface area contributed by atoms with Gasteiger partial charge in [0.25, 0.3) is 0 Å². The van der Waals surface area contributed by atoms with E-state index in [1.165, 1.54) is 12.1 Å². The number of halogens is 1. The fourth-order valence-electron chi connectivity index (χ4n) is 3.76. The Labute approximate surface area is 183 Å². The van der Waals surface area contributed by atoms with Gasteiger partial charge in [-0.25, -0.2) is 4.39 Å². The van der Waals surface area contributed by atoms with Gasteiger partial charge in [0.1, 0.15) is 17.7 Å². The van der Waals surface area contributed by atoms with Crippen molar-refractivity contribution in [2.75, 3.05) is 26.2 Å². The average Bonchev–Trinajstić information content (AvgIpc) is 2.75. The molecule has 0 spiro atoms. The Bertz CT molecular complexity index is 967. The van der Waals surface area contributed by atoms with Gasteiger partial charge in [0.05, 0.1) is 0 Å². The Balaban J connectivity index is 0.00000363. The number of hydrogen-bond acceptors (Lipinski definition) is 4. The van der Waals surface area contributed by atoms with E-state index < -0.39 is 12.0 Å². The van der Waals surface area contributed by atoms with Crippen LogP contribution in [0.5, 0.6) is 5.75 Å². The van der Waals surface area contributed by atoms with E-state index >= 15 is 0 Å². The van der Waals surface area contributed by atoms with Gasteiger partial charge in [-0.2, -0.15) is 0 Å². The number of aryl methyl sites for hydroxylation is 1. The first kappa shape index (κ1) is 22.5. The number of nitrogens with zero attached hydrogens (tertiary/aromatic N) is 2. The van der Waals surface area contributed by atoms with Crippen LogP contribution in [0.4, 0.5) is 4.39 Å². The summed E-state index contributed by atoms with van der Waals surface area (Å²) < 4.78 is 20.5. The van der Waals surface area contributed by atoms with E-state index in [4.69, 9.17) is 10.5 Å². The van der Waals surface area contributed by atoms with Crippen molar-refractivity contribution in [3.8, 4) is 5.75 Å². The number of carbonyl (C=O) groups excluding carboxylic acids is 2. The zero-order chi connectivity index (χ0) is 22.5. The number of ether oxygens (including phenoxy) is 1. The third kappa shape index (κ3) is 5.49. The van der Waals surface area contributed by atoms with E-state index in [0.29, 0.717) is 43.1 Å². The third-order valence-corrected chi connectivity index (χ3v) is 5.58. The lowest BCUT2D eigenvalue weighted by atomic mass is 10.0. The molecule has 3 rings (SSSR count). The van der Waals surface area contributed by atoms with Crippen LogP contribution in [0.3, 0.4) is 0 Å². The van der Waals surface area contributed by atoms with E-state index in [1.807, 2.05) is 13.0 Å². The molecular formula is C24H30FN3O3. The van der Waals surface area contributed by atoms with Crippen LogP contribution in [0.2, 0.25) is 0 Å². The zero-order valence-electron chi connectivity index (χ0n) is 17.9. The Hall–Kier alpha value is -3.19. The molecule has 0 unspecified atom stereocenters. The number of rotatable bonds is 7. The van der Waals surface area contributed by atoms with E-state index in [0.717, 1.165) is 5.56 Å². The van der Waals surface area contributed by atoms with Crippen molar-refractivity contribution in [3.05, 3.63) is 77.6 Å². The molecular weight excluding hydrogens is 397 g/mol. The molecule has 1 saturated heterocycles. The number of nitrogens with two attached hydrogens (primary N) is 1. The molecule has 2 aromatic rings. The molecule has 6 nitrogen and oxygen atoms in total. The second kappa shape index (κ2) is 9.75. The molecule has 2 N–H and O–H groups in total. The molecule has 0 aliphatic carbocycles. The maximum absolute atomic E-state index is 14.3. The Kier molecular flexibility index (Phi) is 7.07. The van der Waals surface area contributed by atoms with Gasteiger partial charge >= 0.3 is 0 Å². The second-order valence-electron chi connectivity index (χ2n) is 7.85. The minimum atomic E-state index is -0.510. The van der Waals surface area contributed by atoms with Crippen molar-refractivity contribution >= 4 is 11.8 Å². The summed E-state index contributed by atoms with van der Waals surface area (Å²) in [7, 11) is 0. The highest BCUT2D eigenvalue weighted by Crippen LogP contribution is 2.26. The first-order valence-corrected chi connectivity index (χ1v) is 10.3. The molecule has 2 atom stereocenters. The van der Waals surface area contributed by atoms with Crippen molar-refractivity contribution in [2.45, 2.75) is 26.0 Å². The molecule has 1 aliphatic rings. The largest absolute Gasteiger partial charge is 0.484 e. The minimum absolute atomic E-state index is 0. The van der Waals surface area contributed by atoms with Gasteiger partial charge in [-0.1, -0.05) is 18.7 Å². The maximum Gasteiger partial charge on any atom is 0.248 e.